The fraction of sp³-hybridized carbons (Fsp3) is 0.600. The van der Waals surface area contributed by atoms with Gasteiger partial charge in [-0.05, 0) is 25.3 Å². The van der Waals surface area contributed by atoms with Crippen LogP contribution in [0.15, 0.2) is 24.3 Å². The van der Waals surface area contributed by atoms with Crippen molar-refractivity contribution in [3.05, 3.63) is 34.9 Å². The Kier molecular flexibility index (Phi) is 6.87. The summed E-state index contributed by atoms with van der Waals surface area (Å²) in [5.41, 5.74) is 0.898. The van der Waals surface area contributed by atoms with Crippen molar-refractivity contribution < 1.29 is 14.3 Å². The Morgan fingerprint density at radius 2 is 2.00 bits per heavy atom. The minimum atomic E-state index is -0.522. The first-order valence-corrected chi connectivity index (χ1v) is 10.9. The number of amides is 1. The molecule has 2 aliphatic rings. The maximum absolute atomic E-state index is 13.2. The van der Waals surface area contributed by atoms with Crippen LogP contribution in [0.2, 0.25) is 5.02 Å². The van der Waals surface area contributed by atoms with Crippen LogP contribution < -0.4 is 0 Å². The molecule has 4 nitrogen and oxygen atoms in total. The van der Waals surface area contributed by atoms with E-state index in [1.165, 1.54) is 0 Å². The summed E-state index contributed by atoms with van der Waals surface area (Å²) in [5, 5.41) is 0.412. The molecule has 0 bridgehead atoms. The van der Waals surface area contributed by atoms with Crippen molar-refractivity contribution in [1.29, 1.82) is 0 Å². The van der Waals surface area contributed by atoms with Gasteiger partial charge in [0, 0.05) is 22.3 Å². The first-order valence-electron chi connectivity index (χ1n) is 9.48. The zero-order valence-electron chi connectivity index (χ0n) is 15.2. The highest BCUT2D eigenvalue weighted by Crippen LogP contribution is 2.45. The highest BCUT2D eigenvalue weighted by Gasteiger charge is 2.45. The van der Waals surface area contributed by atoms with Crippen molar-refractivity contribution in [3.63, 3.8) is 0 Å². The van der Waals surface area contributed by atoms with Crippen LogP contribution in [0.25, 0.3) is 0 Å². The number of nitrogens with zero attached hydrogens (tertiary/aromatic N) is 1. The van der Waals surface area contributed by atoms with Crippen LogP contribution in [0.3, 0.4) is 0 Å². The number of thioether (sulfide) groups is 1. The largest absolute Gasteiger partial charge is 0.464 e. The predicted molar refractivity (Wildman–Crippen MR) is 105 cm³/mol. The molecule has 2 fully saturated rings. The summed E-state index contributed by atoms with van der Waals surface area (Å²) in [4.78, 5) is 27.7. The van der Waals surface area contributed by atoms with E-state index in [1.807, 2.05) is 24.3 Å². The maximum Gasteiger partial charge on any atom is 0.329 e. The van der Waals surface area contributed by atoms with Crippen LogP contribution in [0.4, 0.5) is 0 Å². The van der Waals surface area contributed by atoms with Crippen molar-refractivity contribution in [1.82, 2.24) is 4.90 Å². The van der Waals surface area contributed by atoms with Crippen LogP contribution in [0, 0.1) is 5.92 Å². The second-order valence-electron chi connectivity index (χ2n) is 6.97. The molecule has 0 radical (unpaired) electrons. The average Bonchev–Trinajstić information content (AvgIpc) is 3.32. The number of carbonyl (C=O) groups is 2. The summed E-state index contributed by atoms with van der Waals surface area (Å²) < 4.78 is 5.44. The molecule has 142 valence electrons. The summed E-state index contributed by atoms with van der Waals surface area (Å²) in [6, 6.07) is 7.06. The Morgan fingerprint density at radius 3 is 2.69 bits per heavy atom. The molecule has 0 unspecified atom stereocenters. The van der Waals surface area contributed by atoms with E-state index in [0.717, 1.165) is 44.1 Å². The number of esters is 1. The number of benzene rings is 1. The Hall–Kier alpha value is -1.20. The van der Waals surface area contributed by atoms with E-state index >= 15 is 0 Å². The monoisotopic (exact) mass is 395 g/mol. The van der Waals surface area contributed by atoms with Gasteiger partial charge in [0.2, 0.25) is 5.91 Å². The molecule has 0 spiro atoms. The molecule has 0 N–H and O–H groups in total. The number of hydrogen-bond donors (Lipinski definition) is 0. The van der Waals surface area contributed by atoms with E-state index in [0.29, 0.717) is 17.4 Å². The average molecular weight is 396 g/mol. The molecule has 1 aliphatic heterocycles. The summed E-state index contributed by atoms with van der Waals surface area (Å²) in [7, 11) is 0. The molecule has 6 heteroatoms. The summed E-state index contributed by atoms with van der Waals surface area (Å²) in [6.07, 6.45) is 5.80. The summed E-state index contributed by atoms with van der Waals surface area (Å²) in [6.45, 7) is 2.47. The van der Waals surface area contributed by atoms with Crippen LogP contribution in [-0.2, 0) is 14.3 Å². The van der Waals surface area contributed by atoms with E-state index in [1.54, 1.807) is 16.7 Å². The molecule has 1 aliphatic carbocycles. The molecule has 1 amide bonds. The first-order chi connectivity index (χ1) is 12.6. The number of ether oxygens (including phenoxy) is 1. The van der Waals surface area contributed by atoms with Gasteiger partial charge in [-0.3, -0.25) is 4.79 Å². The second kappa shape index (κ2) is 9.14. The van der Waals surface area contributed by atoms with Crippen molar-refractivity contribution in [3.8, 4) is 0 Å². The topological polar surface area (TPSA) is 46.6 Å². The number of halogens is 1. The molecule has 1 saturated heterocycles. The number of hydrogen-bond acceptors (Lipinski definition) is 4. The maximum atomic E-state index is 13.2. The van der Waals surface area contributed by atoms with Crippen LogP contribution >= 0.6 is 23.4 Å². The molecule has 1 aromatic rings. The van der Waals surface area contributed by atoms with Crippen molar-refractivity contribution in [2.45, 2.75) is 56.9 Å². The molecule has 3 rings (SSSR count). The van der Waals surface area contributed by atoms with Crippen molar-refractivity contribution >= 4 is 35.2 Å². The molecular formula is C20H26ClNO3S. The molecular weight excluding hydrogens is 370 g/mol. The third kappa shape index (κ3) is 4.20. The van der Waals surface area contributed by atoms with Gasteiger partial charge < -0.3 is 9.64 Å². The lowest BCUT2D eigenvalue weighted by atomic mass is 10.0. The van der Waals surface area contributed by atoms with Gasteiger partial charge in [0.25, 0.3) is 0 Å². The standard InChI is InChI=1S/C20H26ClNO3S/c1-2-3-12-25-20(24)17-13-26-19(15-10-6-7-11-16(15)21)22(17)18(23)14-8-4-5-9-14/h6-7,10-11,14,17,19H,2-5,8-9,12-13H2,1H3/t17-,19-/m1/s1. The first kappa shape index (κ1) is 19.6. The smallest absolute Gasteiger partial charge is 0.329 e. The number of unbranched alkanes of at least 4 members (excludes halogenated alkanes) is 1. The Balaban J connectivity index is 1.83. The highest BCUT2D eigenvalue weighted by atomic mass is 35.5. The van der Waals surface area contributed by atoms with Gasteiger partial charge in [0.05, 0.1) is 6.61 Å². The normalized spacial score (nSPS) is 23.4. The summed E-state index contributed by atoms with van der Waals surface area (Å²) >= 11 is 8.00. The van der Waals surface area contributed by atoms with Crippen LogP contribution in [-0.4, -0.2) is 35.2 Å². The Morgan fingerprint density at radius 1 is 1.27 bits per heavy atom. The Bertz CT molecular complexity index is 648. The molecule has 0 aromatic heterocycles. The fourth-order valence-corrected chi connectivity index (χ4v) is 5.43. The Labute approximate surface area is 164 Å². The molecule has 1 heterocycles. The van der Waals surface area contributed by atoms with E-state index in [2.05, 4.69) is 6.92 Å². The second-order valence-corrected chi connectivity index (χ2v) is 8.49. The fourth-order valence-electron chi connectivity index (χ4n) is 3.67. The highest BCUT2D eigenvalue weighted by molar-refractivity contribution is 7.99. The van der Waals surface area contributed by atoms with Gasteiger partial charge in [0.1, 0.15) is 11.4 Å². The summed E-state index contributed by atoms with van der Waals surface area (Å²) in [5.74, 6) is 0.366. The SMILES string of the molecule is CCCCOC(=O)[C@H]1CS[C@H](c2ccccc2Cl)N1C(=O)C1CCCC1. The van der Waals surface area contributed by atoms with Crippen molar-refractivity contribution in [2.24, 2.45) is 5.92 Å². The number of rotatable bonds is 6. The lowest BCUT2D eigenvalue weighted by Crippen LogP contribution is -2.46. The number of carbonyl (C=O) groups excluding carboxylic acids is 2. The van der Waals surface area contributed by atoms with Gasteiger partial charge in [-0.15, -0.1) is 11.8 Å². The van der Waals surface area contributed by atoms with Gasteiger partial charge in [-0.25, -0.2) is 4.79 Å². The zero-order valence-corrected chi connectivity index (χ0v) is 16.7. The van der Waals surface area contributed by atoms with E-state index in [-0.39, 0.29) is 23.2 Å². The minimum Gasteiger partial charge on any atom is -0.464 e. The zero-order chi connectivity index (χ0) is 18.5. The molecule has 1 aromatic carbocycles. The lowest BCUT2D eigenvalue weighted by Gasteiger charge is -2.31. The van der Waals surface area contributed by atoms with Crippen molar-refractivity contribution in [2.75, 3.05) is 12.4 Å². The lowest BCUT2D eigenvalue weighted by molar-refractivity contribution is -0.155. The van der Waals surface area contributed by atoms with Gasteiger partial charge in [-0.1, -0.05) is 56.0 Å². The van der Waals surface area contributed by atoms with Gasteiger partial charge in [0.15, 0.2) is 0 Å². The van der Waals surface area contributed by atoms with E-state index in [4.69, 9.17) is 16.3 Å². The van der Waals surface area contributed by atoms with Crippen LogP contribution in [0.5, 0.6) is 0 Å². The van der Waals surface area contributed by atoms with Crippen LogP contribution in [0.1, 0.15) is 56.4 Å². The predicted octanol–water partition coefficient (Wildman–Crippen LogP) is 4.82. The van der Waals surface area contributed by atoms with E-state index < -0.39 is 6.04 Å². The third-order valence-corrected chi connectivity index (χ3v) is 6.79. The molecule has 26 heavy (non-hydrogen) atoms. The van der Waals surface area contributed by atoms with Gasteiger partial charge in [-0.2, -0.15) is 0 Å². The molecule has 1 saturated carbocycles. The third-order valence-electron chi connectivity index (χ3n) is 5.14. The quantitative estimate of drug-likeness (QED) is 0.512. The minimum absolute atomic E-state index is 0.0182. The molecule has 2 atom stereocenters. The van der Waals surface area contributed by atoms with E-state index in [9.17, 15) is 9.59 Å². The van der Waals surface area contributed by atoms with Gasteiger partial charge >= 0.3 is 5.97 Å².